The number of rotatable bonds is 5. The van der Waals surface area contributed by atoms with Crippen LogP contribution >= 0.6 is 12.2 Å². The van der Waals surface area contributed by atoms with Crippen molar-refractivity contribution in [3.8, 4) is 5.75 Å². The summed E-state index contributed by atoms with van der Waals surface area (Å²) in [7, 11) is 5.23. The molecule has 0 aliphatic rings. The molecule has 0 unspecified atom stereocenters. The molecule has 0 aliphatic carbocycles. The number of benzene rings is 1. The van der Waals surface area contributed by atoms with E-state index in [0.717, 1.165) is 5.56 Å². The maximum absolute atomic E-state index is 13.6. The van der Waals surface area contributed by atoms with Crippen molar-refractivity contribution in [1.82, 2.24) is 19.2 Å². The predicted octanol–water partition coefficient (Wildman–Crippen LogP) is 2.19. The van der Waals surface area contributed by atoms with Gasteiger partial charge in [0.25, 0.3) is 0 Å². The summed E-state index contributed by atoms with van der Waals surface area (Å²) in [5, 5.41) is 4.18. The lowest BCUT2D eigenvalue weighted by Gasteiger charge is -2.16. The van der Waals surface area contributed by atoms with Crippen molar-refractivity contribution < 1.29 is 9.13 Å². The van der Waals surface area contributed by atoms with Crippen LogP contribution < -0.4 is 4.74 Å². The van der Waals surface area contributed by atoms with Crippen molar-refractivity contribution in [1.29, 1.82) is 0 Å². The molecular formula is C13H17FN4OS. The third kappa shape index (κ3) is 3.23. The van der Waals surface area contributed by atoms with Crippen LogP contribution in [0.2, 0.25) is 0 Å². The zero-order valence-corrected chi connectivity index (χ0v) is 12.5. The van der Waals surface area contributed by atoms with Gasteiger partial charge in [0.1, 0.15) is 6.33 Å². The lowest BCUT2D eigenvalue weighted by atomic mass is 10.2. The lowest BCUT2D eigenvalue weighted by molar-refractivity contribution is 0.243. The fraction of sp³-hybridized carbons (Fsp3) is 0.385. The summed E-state index contributed by atoms with van der Waals surface area (Å²) < 4.78 is 22.7. The first-order valence-electron chi connectivity index (χ1n) is 6.10. The van der Waals surface area contributed by atoms with Crippen molar-refractivity contribution in [2.75, 3.05) is 14.2 Å². The second-order valence-electron chi connectivity index (χ2n) is 4.65. The highest BCUT2D eigenvalue weighted by Crippen LogP contribution is 2.18. The molecule has 2 rings (SSSR count). The first-order chi connectivity index (χ1) is 9.51. The van der Waals surface area contributed by atoms with Gasteiger partial charge in [0, 0.05) is 13.6 Å². The van der Waals surface area contributed by atoms with Gasteiger partial charge in [-0.1, -0.05) is 6.07 Å². The third-order valence-corrected chi connectivity index (χ3v) is 3.43. The van der Waals surface area contributed by atoms with Gasteiger partial charge in [0.05, 0.1) is 13.8 Å². The van der Waals surface area contributed by atoms with Gasteiger partial charge >= 0.3 is 0 Å². The SMILES string of the molecule is COc1ccc(CN(C)Cn2ncn(C)c2=S)cc1F. The Bertz CT molecular complexity index is 652. The van der Waals surface area contributed by atoms with E-state index in [4.69, 9.17) is 17.0 Å². The minimum atomic E-state index is -0.354. The summed E-state index contributed by atoms with van der Waals surface area (Å²) in [6.07, 6.45) is 1.67. The molecule has 2 aromatic rings. The molecule has 0 aliphatic heterocycles. The Hall–Kier alpha value is -1.73. The molecule has 5 nitrogen and oxygen atoms in total. The van der Waals surface area contributed by atoms with Crippen molar-refractivity contribution in [2.24, 2.45) is 7.05 Å². The van der Waals surface area contributed by atoms with Crippen LogP contribution in [0.5, 0.6) is 5.75 Å². The van der Waals surface area contributed by atoms with Gasteiger partial charge < -0.3 is 9.30 Å². The van der Waals surface area contributed by atoms with Crippen LogP contribution in [0.1, 0.15) is 5.56 Å². The number of hydrogen-bond acceptors (Lipinski definition) is 4. The molecule has 1 aromatic carbocycles. The Morgan fingerprint density at radius 2 is 2.20 bits per heavy atom. The second-order valence-corrected chi connectivity index (χ2v) is 5.01. The summed E-state index contributed by atoms with van der Waals surface area (Å²) in [4.78, 5) is 2.00. The van der Waals surface area contributed by atoms with Gasteiger partial charge in [-0.3, -0.25) is 4.90 Å². The van der Waals surface area contributed by atoms with E-state index in [9.17, 15) is 4.39 Å². The summed E-state index contributed by atoms with van der Waals surface area (Å²) in [5.41, 5.74) is 0.869. The molecule has 0 N–H and O–H groups in total. The van der Waals surface area contributed by atoms with Crippen molar-refractivity contribution in [2.45, 2.75) is 13.2 Å². The molecule has 0 fully saturated rings. The van der Waals surface area contributed by atoms with Gasteiger partial charge in [0.2, 0.25) is 0 Å². The van der Waals surface area contributed by atoms with Crippen molar-refractivity contribution >= 4 is 12.2 Å². The number of aryl methyl sites for hydroxylation is 1. The molecule has 0 bridgehead atoms. The van der Waals surface area contributed by atoms with Gasteiger partial charge in [-0.2, -0.15) is 5.10 Å². The average molecular weight is 296 g/mol. The van der Waals surface area contributed by atoms with Gasteiger partial charge in [-0.05, 0) is 37.0 Å². The molecule has 1 aromatic heterocycles. The van der Waals surface area contributed by atoms with E-state index in [-0.39, 0.29) is 11.6 Å². The molecule has 1 heterocycles. The van der Waals surface area contributed by atoms with E-state index in [1.807, 2.05) is 25.1 Å². The number of methoxy groups -OCH3 is 1. The second kappa shape index (κ2) is 6.15. The molecule has 0 spiro atoms. The van der Waals surface area contributed by atoms with E-state index in [1.54, 1.807) is 21.6 Å². The first-order valence-corrected chi connectivity index (χ1v) is 6.51. The molecule has 0 atom stereocenters. The Balaban J connectivity index is 2.04. The van der Waals surface area contributed by atoms with Crippen LogP contribution in [0.15, 0.2) is 24.5 Å². The molecule has 0 saturated carbocycles. The van der Waals surface area contributed by atoms with E-state index < -0.39 is 0 Å². The molecule has 20 heavy (non-hydrogen) atoms. The van der Waals surface area contributed by atoms with Crippen LogP contribution in [0.25, 0.3) is 0 Å². The van der Waals surface area contributed by atoms with Crippen LogP contribution in [0.4, 0.5) is 4.39 Å². The van der Waals surface area contributed by atoms with E-state index in [2.05, 4.69) is 5.10 Å². The van der Waals surface area contributed by atoms with Gasteiger partial charge in [-0.15, -0.1) is 0 Å². The summed E-state index contributed by atoms with van der Waals surface area (Å²) >= 11 is 5.22. The van der Waals surface area contributed by atoms with Crippen LogP contribution in [-0.2, 0) is 20.3 Å². The van der Waals surface area contributed by atoms with Gasteiger partial charge in [0.15, 0.2) is 16.3 Å². The van der Waals surface area contributed by atoms with E-state index in [1.165, 1.54) is 13.2 Å². The van der Waals surface area contributed by atoms with Crippen LogP contribution in [0.3, 0.4) is 0 Å². The molecule has 0 amide bonds. The Labute approximate surface area is 122 Å². The standard InChI is InChI=1S/C13H17FN4OS/c1-16(9-18-13(20)17(2)8-15-18)7-10-4-5-12(19-3)11(14)6-10/h4-6,8H,7,9H2,1-3H3. The predicted molar refractivity (Wildman–Crippen MR) is 76.5 cm³/mol. The fourth-order valence-corrected chi connectivity index (χ4v) is 2.07. The summed E-state index contributed by atoms with van der Waals surface area (Å²) in [5.74, 6) is -0.101. The van der Waals surface area contributed by atoms with E-state index in [0.29, 0.717) is 18.0 Å². The minimum absolute atomic E-state index is 0.253. The number of aromatic nitrogens is 3. The zero-order chi connectivity index (χ0) is 14.7. The third-order valence-electron chi connectivity index (χ3n) is 2.93. The van der Waals surface area contributed by atoms with Crippen LogP contribution in [-0.4, -0.2) is 33.4 Å². The van der Waals surface area contributed by atoms with Crippen LogP contribution in [0, 0.1) is 10.6 Å². The quantitative estimate of drug-likeness (QED) is 0.792. The smallest absolute Gasteiger partial charge is 0.198 e. The zero-order valence-electron chi connectivity index (χ0n) is 11.7. The topological polar surface area (TPSA) is 35.2 Å². The molecule has 108 valence electrons. The number of nitrogens with zero attached hydrogens (tertiary/aromatic N) is 4. The van der Waals surface area contributed by atoms with E-state index >= 15 is 0 Å². The highest BCUT2D eigenvalue weighted by molar-refractivity contribution is 7.71. The maximum atomic E-state index is 13.6. The highest BCUT2D eigenvalue weighted by atomic mass is 32.1. The Kier molecular flexibility index (Phi) is 4.51. The molecule has 0 saturated heterocycles. The van der Waals surface area contributed by atoms with Crippen molar-refractivity contribution in [3.05, 3.63) is 40.7 Å². The molecular weight excluding hydrogens is 279 g/mol. The molecule has 7 heteroatoms. The maximum Gasteiger partial charge on any atom is 0.198 e. The normalized spacial score (nSPS) is 11.1. The summed E-state index contributed by atoms with van der Waals surface area (Å²) in [6.45, 7) is 1.15. The first kappa shape index (κ1) is 14.7. The number of hydrogen-bond donors (Lipinski definition) is 0. The molecule has 0 radical (unpaired) electrons. The monoisotopic (exact) mass is 296 g/mol. The average Bonchev–Trinajstić information content (AvgIpc) is 2.71. The van der Waals surface area contributed by atoms with Gasteiger partial charge in [-0.25, -0.2) is 9.07 Å². The Morgan fingerprint density at radius 1 is 1.45 bits per heavy atom. The fourth-order valence-electron chi connectivity index (χ4n) is 1.92. The largest absolute Gasteiger partial charge is 0.494 e. The highest BCUT2D eigenvalue weighted by Gasteiger charge is 2.07. The van der Waals surface area contributed by atoms with Crippen molar-refractivity contribution in [3.63, 3.8) is 0 Å². The summed E-state index contributed by atoms with van der Waals surface area (Å²) in [6, 6.07) is 4.95. The number of ether oxygens (including phenoxy) is 1. The lowest BCUT2D eigenvalue weighted by Crippen LogP contribution is -2.22. The number of halogens is 1. The minimum Gasteiger partial charge on any atom is -0.494 e. The Morgan fingerprint density at radius 3 is 2.75 bits per heavy atom.